The highest BCUT2D eigenvalue weighted by Gasteiger charge is 2.31. The fraction of sp³-hybridized carbons (Fsp3) is 0.357. The van der Waals surface area contributed by atoms with E-state index in [0.717, 1.165) is 54.7 Å². The molecule has 8 nitrogen and oxygen atoms in total. The van der Waals surface area contributed by atoms with Gasteiger partial charge in [-0.1, -0.05) is 18.6 Å². The first-order valence-electron chi connectivity index (χ1n) is 12.9. The van der Waals surface area contributed by atoms with E-state index >= 15 is 0 Å². The Morgan fingerprint density at radius 1 is 1.15 bits per heavy atom. The second-order valence-corrected chi connectivity index (χ2v) is 10.1. The smallest absolute Gasteiger partial charge is 0.416 e. The number of hydrogen-bond donors (Lipinski definition) is 2. The standard InChI is InChI=1S/C28H26F3N5O3/c1-15(17-3-2-4-17)32-23-22-24(34-25(33-23)27(37)38)35-26(19-7-10-21-18(13-19)11-12-39-21)36(22)14-16-5-8-20(9-6-16)28(29,30)31/h5-10,13,15,17H,2-4,11-12,14H2,1H3,(H,37,38)(H,32,33,34)/t15-/m1/s1. The molecule has 0 spiro atoms. The Bertz CT molecular complexity index is 1560. The van der Waals surface area contributed by atoms with Crippen LogP contribution in [0.15, 0.2) is 42.5 Å². The van der Waals surface area contributed by atoms with Gasteiger partial charge in [-0.25, -0.2) is 19.7 Å². The van der Waals surface area contributed by atoms with E-state index in [4.69, 9.17) is 9.72 Å². The average molecular weight is 538 g/mol. The number of halogens is 3. The van der Waals surface area contributed by atoms with E-state index in [1.54, 1.807) is 0 Å². The van der Waals surface area contributed by atoms with E-state index in [0.29, 0.717) is 35.2 Å². The van der Waals surface area contributed by atoms with Gasteiger partial charge in [0, 0.05) is 24.6 Å². The summed E-state index contributed by atoms with van der Waals surface area (Å²) in [6.45, 7) is 2.80. The Hall–Kier alpha value is -4.15. The first kappa shape index (κ1) is 25.1. The third-order valence-electron chi connectivity index (χ3n) is 7.59. The van der Waals surface area contributed by atoms with Crippen LogP contribution in [0.25, 0.3) is 22.6 Å². The van der Waals surface area contributed by atoms with Crippen molar-refractivity contribution in [1.82, 2.24) is 19.5 Å². The molecule has 0 bridgehead atoms. The van der Waals surface area contributed by atoms with Crippen LogP contribution >= 0.6 is 0 Å². The number of nitrogens with one attached hydrogen (secondary N) is 1. The van der Waals surface area contributed by atoms with Gasteiger partial charge < -0.3 is 19.7 Å². The molecule has 1 saturated carbocycles. The van der Waals surface area contributed by atoms with Gasteiger partial charge in [-0.2, -0.15) is 13.2 Å². The second kappa shape index (κ2) is 9.55. The summed E-state index contributed by atoms with van der Waals surface area (Å²) in [5, 5.41) is 13.1. The Morgan fingerprint density at radius 2 is 1.92 bits per heavy atom. The number of ether oxygens (including phenoxy) is 1. The minimum atomic E-state index is -4.44. The van der Waals surface area contributed by atoms with Crippen LogP contribution in [0.2, 0.25) is 0 Å². The van der Waals surface area contributed by atoms with E-state index in [1.165, 1.54) is 12.1 Å². The number of fused-ring (bicyclic) bond motifs is 2. The van der Waals surface area contributed by atoms with Crippen molar-refractivity contribution >= 4 is 23.0 Å². The summed E-state index contributed by atoms with van der Waals surface area (Å²) in [6.07, 6.45) is -0.401. The number of carboxylic acid groups (broad SMARTS) is 1. The lowest BCUT2D eigenvalue weighted by atomic mass is 9.80. The lowest BCUT2D eigenvalue weighted by Gasteiger charge is -2.32. The Kier molecular flexibility index (Phi) is 6.16. The van der Waals surface area contributed by atoms with Gasteiger partial charge >= 0.3 is 12.1 Å². The topological polar surface area (TPSA) is 102 Å². The first-order valence-corrected chi connectivity index (χ1v) is 12.9. The number of nitrogens with zero attached hydrogens (tertiary/aromatic N) is 4. The molecule has 1 fully saturated rings. The van der Waals surface area contributed by atoms with Gasteiger partial charge in [-0.3, -0.25) is 0 Å². The highest BCUT2D eigenvalue weighted by molar-refractivity contribution is 5.92. The van der Waals surface area contributed by atoms with Crippen molar-refractivity contribution < 1.29 is 27.8 Å². The van der Waals surface area contributed by atoms with Crippen molar-refractivity contribution in [1.29, 1.82) is 0 Å². The Balaban J connectivity index is 1.51. The highest BCUT2D eigenvalue weighted by atomic mass is 19.4. The summed E-state index contributed by atoms with van der Waals surface area (Å²) in [5.74, 6) is 0.436. The molecular formula is C28H26F3N5O3. The molecule has 1 atom stereocenters. The Morgan fingerprint density at radius 3 is 2.59 bits per heavy atom. The van der Waals surface area contributed by atoms with Crippen LogP contribution in [0.3, 0.4) is 0 Å². The van der Waals surface area contributed by atoms with E-state index in [9.17, 15) is 23.1 Å². The SMILES string of the molecule is C[C@@H](Nc1nc(C(=O)O)nc2nc(-c3ccc4c(c3)CCO4)n(Cc3ccc(C(F)(F)F)cc3)c12)C1CCC1. The molecule has 4 aromatic rings. The minimum absolute atomic E-state index is 0.0357. The van der Waals surface area contributed by atoms with Gasteiger partial charge in [-0.15, -0.1) is 0 Å². The molecule has 1 aliphatic carbocycles. The van der Waals surface area contributed by atoms with Gasteiger partial charge in [0.15, 0.2) is 11.5 Å². The van der Waals surface area contributed by atoms with Gasteiger partial charge in [0.1, 0.15) is 17.1 Å². The number of aromatic carboxylic acids is 1. The summed E-state index contributed by atoms with van der Waals surface area (Å²) in [4.78, 5) is 25.2. The lowest BCUT2D eigenvalue weighted by Crippen LogP contribution is -2.31. The lowest BCUT2D eigenvalue weighted by molar-refractivity contribution is -0.137. The molecule has 2 aromatic carbocycles. The summed E-state index contributed by atoms with van der Waals surface area (Å²) < 4.78 is 47.0. The maximum atomic E-state index is 13.2. The number of carboxylic acids is 1. The van der Waals surface area contributed by atoms with Crippen LogP contribution in [0.1, 0.15) is 53.5 Å². The minimum Gasteiger partial charge on any atom is -0.493 e. The van der Waals surface area contributed by atoms with Crippen LogP contribution in [-0.4, -0.2) is 43.2 Å². The number of anilines is 1. The van der Waals surface area contributed by atoms with Crippen LogP contribution in [0.4, 0.5) is 19.0 Å². The molecule has 0 unspecified atom stereocenters. The number of imidazole rings is 1. The van der Waals surface area contributed by atoms with Gasteiger partial charge in [0.2, 0.25) is 5.82 Å². The van der Waals surface area contributed by atoms with Gasteiger partial charge in [-0.05, 0) is 67.1 Å². The van der Waals surface area contributed by atoms with Crippen LogP contribution < -0.4 is 10.1 Å². The van der Waals surface area contributed by atoms with Crippen molar-refractivity contribution in [3.05, 3.63) is 65.0 Å². The molecule has 6 rings (SSSR count). The molecule has 3 heterocycles. The average Bonchev–Trinajstić information content (AvgIpc) is 3.47. The number of hydrogen-bond acceptors (Lipinski definition) is 6. The normalized spacial score (nSPS) is 16.0. The number of carbonyl (C=O) groups is 1. The Labute approximate surface area is 221 Å². The fourth-order valence-corrected chi connectivity index (χ4v) is 5.19. The number of aromatic nitrogens is 4. The zero-order valence-electron chi connectivity index (χ0n) is 21.1. The van der Waals surface area contributed by atoms with Crippen molar-refractivity contribution in [3.63, 3.8) is 0 Å². The summed E-state index contributed by atoms with van der Waals surface area (Å²) >= 11 is 0. The summed E-state index contributed by atoms with van der Waals surface area (Å²) in [7, 11) is 0. The van der Waals surface area contributed by atoms with E-state index in [1.807, 2.05) is 29.7 Å². The van der Waals surface area contributed by atoms with Crippen LogP contribution in [-0.2, 0) is 19.1 Å². The molecule has 39 heavy (non-hydrogen) atoms. The second-order valence-electron chi connectivity index (χ2n) is 10.1. The quantitative estimate of drug-likeness (QED) is 0.308. The van der Waals surface area contributed by atoms with Crippen molar-refractivity contribution in [2.24, 2.45) is 5.92 Å². The monoisotopic (exact) mass is 537 g/mol. The molecule has 202 valence electrons. The maximum Gasteiger partial charge on any atom is 0.416 e. The summed E-state index contributed by atoms with van der Waals surface area (Å²) in [6, 6.07) is 10.7. The number of benzene rings is 2. The predicted octanol–water partition coefficient (Wildman–Crippen LogP) is 5.79. The largest absolute Gasteiger partial charge is 0.493 e. The fourth-order valence-electron chi connectivity index (χ4n) is 5.19. The zero-order valence-corrected chi connectivity index (χ0v) is 21.1. The molecule has 0 saturated heterocycles. The molecule has 2 N–H and O–H groups in total. The molecule has 2 aliphatic rings. The van der Waals surface area contributed by atoms with Crippen LogP contribution in [0.5, 0.6) is 5.75 Å². The number of rotatable bonds is 7. The zero-order chi connectivity index (χ0) is 27.3. The third kappa shape index (κ3) is 4.77. The molecule has 2 aromatic heterocycles. The summed E-state index contributed by atoms with van der Waals surface area (Å²) in [5.41, 5.74) is 2.37. The van der Waals surface area contributed by atoms with Crippen molar-refractivity contribution in [2.45, 2.75) is 51.4 Å². The molecule has 0 radical (unpaired) electrons. The van der Waals surface area contributed by atoms with Crippen LogP contribution in [0, 0.1) is 5.92 Å². The maximum absolute atomic E-state index is 13.2. The first-order chi connectivity index (χ1) is 18.7. The van der Waals surface area contributed by atoms with E-state index in [2.05, 4.69) is 15.3 Å². The molecule has 11 heteroatoms. The van der Waals surface area contributed by atoms with Gasteiger partial charge in [0.25, 0.3) is 0 Å². The molecular weight excluding hydrogens is 511 g/mol. The third-order valence-corrected chi connectivity index (χ3v) is 7.59. The van der Waals surface area contributed by atoms with Gasteiger partial charge in [0.05, 0.1) is 12.2 Å². The van der Waals surface area contributed by atoms with E-state index < -0.39 is 17.7 Å². The predicted molar refractivity (Wildman–Crippen MR) is 138 cm³/mol. The highest BCUT2D eigenvalue weighted by Crippen LogP contribution is 2.36. The molecule has 0 amide bonds. The van der Waals surface area contributed by atoms with E-state index in [-0.39, 0.29) is 24.1 Å². The van der Waals surface area contributed by atoms with Crippen molar-refractivity contribution in [3.8, 4) is 17.1 Å². The molecule has 1 aliphatic heterocycles. The van der Waals surface area contributed by atoms with Crippen molar-refractivity contribution in [2.75, 3.05) is 11.9 Å². The number of alkyl halides is 3.